The van der Waals surface area contributed by atoms with Crippen LogP contribution in [0.15, 0.2) is 33.5 Å². The second-order valence-corrected chi connectivity index (χ2v) is 4.26. The number of nitrogens with two attached hydrogens (primary N) is 1. The molecule has 2 aromatic heterocycles. The zero-order valence-corrected chi connectivity index (χ0v) is 9.91. The van der Waals surface area contributed by atoms with Crippen LogP contribution in [0.5, 0.6) is 0 Å². The lowest BCUT2D eigenvalue weighted by Crippen LogP contribution is -2.04. The number of benzene rings is 1. The number of furan rings is 2. The second-order valence-electron chi connectivity index (χ2n) is 4.26. The number of aryl methyl sites for hydroxylation is 1. The predicted octanol–water partition coefficient (Wildman–Crippen LogP) is 3.19. The fourth-order valence-corrected chi connectivity index (χ4v) is 2.54. The van der Waals surface area contributed by atoms with Crippen molar-refractivity contribution in [2.24, 2.45) is 5.73 Å². The first-order valence-corrected chi connectivity index (χ1v) is 6.01. The number of halogens is 1. The summed E-state index contributed by atoms with van der Waals surface area (Å²) in [5, 5.41) is 1.91. The van der Waals surface area contributed by atoms with Gasteiger partial charge in [-0.3, -0.25) is 4.39 Å². The zero-order valence-electron chi connectivity index (χ0n) is 9.91. The maximum atomic E-state index is 12.7. The van der Waals surface area contributed by atoms with Gasteiger partial charge >= 0.3 is 0 Å². The molecule has 0 aliphatic heterocycles. The average molecular weight is 247 g/mol. The van der Waals surface area contributed by atoms with Crippen LogP contribution in [0.3, 0.4) is 0 Å². The van der Waals surface area contributed by atoms with E-state index in [2.05, 4.69) is 0 Å². The molecule has 2 N–H and O–H groups in total. The first-order chi connectivity index (χ1) is 8.86. The number of hydrogen-bond acceptors (Lipinski definition) is 3. The molecule has 0 fully saturated rings. The molecule has 1 aromatic carbocycles. The number of alkyl halides is 1. The largest absolute Gasteiger partial charge is 0.464 e. The molecular formula is C14H14FNO2. The molecule has 3 aromatic rings. The Morgan fingerprint density at radius 3 is 2.00 bits per heavy atom. The molecular weight excluding hydrogens is 233 g/mol. The van der Waals surface area contributed by atoms with Crippen molar-refractivity contribution < 1.29 is 13.2 Å². The molecule has 0 amide bonds. The molecule has 18 heavy (non-hydrogen) atoms. The highest BCUT2D eigenvalue weighted by Gasteiger charge is 2.17. The molecule has 0 aliphatic carbocycles. The van der Waals surface area contributed by atoms with Gasteiger partial charge in [0, 0.05) is 28.3 Å². The monoisotopic (exact) mass is 247 g/mol. The highest BCUT2D eigenvalue weighted by molar-refractivity contribution is 6.01. The fourth-order valence-electron chi connectivity index (χ4n) is 2.54. The van der Waals surface area contributed by atoms with Crippen LogP contribution in [0.4, 0.5) is 4.39 Å². The van der Waals surface area contributed by atoms with Gasteiger partial charge in [-0.25, -0.2) is 0 Å². The van der Waals surface area contributed by atoms with Crippen LogP contribution >= 0.6 is 0 Å². The van der Waals surface area contributed by atoms with Gasteiger partial charge in [0.1, 0.15) is 11.2 Å². The molecule has 0 saturated heterocycles. The fraction of sp³-hybridized carbons (Fsp3) is 0.286. The Kier molecular flexibility index (Phi) is 2.80. The van der Waals surface area contributed by atoms with E-state index >= 15 is 0 Å². The smallest absolute Gasteiger partial charge is 0.138 e. The molecule has 4 heteroatoms. The molecule has 3 rings (SSSR count). The third kappa shape index (κ3) is 1.53. The Morgan fingerprint density at radius 2 is 1.50 bits per heavy atom. The van der Waals surface area contributed by atoms with Crippen LogP contribution in [0.25, 0.3) is 21.9 Å². The van der Waals surface area contributed by atoms with Crippen LogP contribution < -0.4 is 5.73 Å². The van der Waals surface area contributed by atoms with E-state index < -0.39 is 6.67 Å². The lowest BCUT2D eigenvalue weighted by atomic mass is 9.98. The van der Waals surface area contributed by atoms with Crippen molar-refractivity contribution in [1.82, 2.24) is 0 Å². The van der Waals surface area contributed by atoms with Crippen LogP contribution in [0.1, 0.15) is 11.1 Å². The first-order valence-electron chi connectivity index (χ1n) is 6.01. The quantitative estimate of drug-likeness (QED) is 0.770. The molecule has 0 saturated carbocycles. The van der Waals surface area contributed by atoms with Gasteiger partial charge in [0.25, 0.3) is 0 Å². The zero-order chi connectivity index (χ0) is 12.5. The van der Waals surface area contributed by atoms with Crippen molar-refractivity contribution in [3.63, 3.8) is 0 Å². The van der Waals surface area contributed by atoms with Gasteiger partial charge in [0.05, 0.1) is 19.2 Å². The second kappa shape index (κ2) is 4.46. The molecule has 0 radical (unpaired) electrons. The van der Waals surface area contributed by atoms with E-state index in [0.29, 0.717) is 13.0 Å². The standard InChI is InChI=1S/C14H14FNO2/c15-5-1-9-11-3-7-18-14(11)10(2-6-16)12-4-8-17-13(9)12/h3-4,7-8H,1-2,5-6,16H2. The van der Waals surface area contributed by atoms with Crippen molar-refractivity contribution in [1.29, 1.82) is 0 Å². The highest BCUT2D eigenvalue weighted by Crippen LogP contribution is 2.34. The molecule has 94 valence electrons. The topological polar surface area (TPSA) is 52.3 Å². The summed E-state index contributed by atoms with van der Waals surface area (Å²) in [5.74, 6) is 0. The van der Waals surface area contributed by atoms with E-state index in [9.17, 15) is 4.39 Å². The van der Waals surface area contributed by atoms with Crippen molar-refractivity contribution in [2.75, 3.05) is 13.2 Å². The Labute approximate surface area is 103 Å². The summed E-state index contributed by atoms with van der Waals surface area (Å²) in [6.07, 6.45) is 4.31. The van der Waals surface area contributed by atoms with Crippen LogP contribution in [0.2, 0.25) is 0 Å². The van der Waals surface area contributed by atoms with Crippen molar-refractivity contribution >= 4 is 21.9 Å². The molecule has 3 nitrogen and oxygen atoms in total. The van der Waals surface area contributed by atoms with Gasteiger partial charge in [0.2, 0.25) is 0 Å². The van der Waals surface area contributed by atoms with E-state index in [0.717, 1.165) is 39.5 Å². The SMILES string of the molecule is NCCc1c2ccoc2c(CCF)c2ccoc12. The summed E-state index contributed by atoms with van der Waals surface area (Å²) in [6.45, 7) is 0.130. The summed E-state index contributed by atoms with van der Waals surface area (Å²) in [6, 6.07) is 3.76. The van der Waals surface area contributed by atoms with Crippen molar-refractivity contribution in [3.05, 3.63) is 35.8 Å². The summed E-state index contributed by atoms with van der Waals surface area (Å²) >= 11 is 0. The van der Waals surface area contributed by atoms with Crippen molar-refractivity contribution in [3.8, 4) is 0 Å². The Morgan fingerprint density at radius 1 is 0.944 bits per heavy atom. The van der Waals surface area contributed by atoms with Gasteiger partial charge in [-0.1, -0.05) is 0 Å². The molecule has 0 aliphatic rings. The lowest BCUT2D eigenvalue weighted by molar-refractivity contribution is 0.494. The van der Waals surface area contributed by atoms with E-state index in [1.165, 1.54) is 0 Å². The normalized spacial score (nSPS) is 11.7. The third-order valence-corrected chi connectivity index (χ3v) is 3.27. The molecule has 0 spiro atoms. The van der Waals surface area contributed by atoms with E-state index in [-0.39, 0.29) is 0 Å². The number of rotatable bonds is 4. The molecule has 0 unspecified atom stereocenters. The van der Waals surface area contributed by atoms with Gasteiger partial charge in [-0.15, -0.1) is 0 Å². The number of hydrogen-bond donors (Lipinski definition) is 1. The molecule has 0 atom stereocenters. The summed E-state index contributed by atoms with van der Waals surface area (Å²) in [4.78, 5) is 0. The van der Waals surface area contributed by atoms with Crippen LogP contribution in [-0.2, 0) is 12.8 Å². The van der Waals surface area contributed by atoms with E-state index in [1.54, 1.807) is 12.5 Å². The van der Waals surface area contributed by atoms with Gasteiger partial charge in [0.15, 0.2) is 0 Å². The van der Waals surface area contributed by atoms with Gasteiger partial charge in [-0.05, 0) is 25.1 Å². The van der Waals surface area contributed by atoms with Crippen LogP contribution in [0, 0.1) is 0 Å². The average Bonchev–Trinajstić information content (AvgIpc) is 3.01. The maximum absolute atomic E-state index is 12.7. The van der Waals surface area contributed by atoms with Crippen molar-refractivity contribution in [2.45, 2.75) is 12.8 Å². The first kappa shape index (κ1) is 11.3. The summed E-state index contributed by atoms with van der Waals surface area (Å²) in [5.41, 5.74) is 9.12. The molecule has 0 bridgehead atoms. The Bertz CT molecular complexity index is 577. The Hall–Kier alpha value is -1.81. The minimum atomic E-state index is -0.410. The lowest BCUT2D eigenvalue weighted by Gasteiger charge is -2.07. The Balaban J connectivity index is 2.40. The van der Waals surface area contributed by atoms with E-state index in [1.807, 2.05) is 12.1 Å². The van der Waals surface area contributed by atoms with Gasteiger partial charge in [-0.2, -0.15) is 0 Å². The highest BCUT2D eigenvalue weighted by atomic mass is 19.1. The summed E-state index contributed by atoms with van der Waals surface area (Å²) in [7, 11) is 0. The summed E-state index contributed by atoms with van der Waals surface area (Å²) < 4.78 is 23.8. The molecule has 2 heterocycles. The van der Waals surface area contributed by atoms with Crippen LogP contribution in [-0.4, -0.2) is 13.2 Å². The minimum absolute atomic E-state index is 0.336. The third-order valence-electron chi connectivity index (χ3n) is 3.27. The number of fused-ring (bicyclic) bond motifs is 2. The van der Waals surface area contributed by atoms with Gasteiger partial charge < -0.3 is 14.6 Å². The predicted molar refractivity (Wildman–Crippen MR) is 68.4 cm³/mol. The van der Waals surface area contributed by atoms with E-state index in [4.69, 9.17) is 14.6 Å². The maximum Gasteiger partial charge on any atom is 0.138 e. The minimum Gasteiger partial charge on any atom is -0.464 e.